The number of rotatable bonds is 3. The van der Waals surface area contributed by atoms with E-state index in [1.165, 1.54) is 11.3 Å². The van der Waals surface area contributed by atoms with Crippen LogP contribution in [0, 0.1) is 0 Å². The molecule has 3 rings (SSSR count). The number of halogens is 3. The standard InChI is InChI=1S/C15H9BrCl2N4OS/c16-10-4-2-1-3-9(10)13-21-22-15(24-13)20-14(23)19-8-5-6-11(17)12(18)7-8/h1-7H,(H2,19,20,22,23). The summed E-state index contributed by atoms with van der Waals surface area (Å²) in [6.45, 7) is 0. The van der Waals surface area contributed by atoms with Gasteiger partial charge in [-0.05, 0) is 24.3 Å². The van der Waals surface area contributed by atoms with Gasteiger partial charge in [0.25, 0.3) is 0 Å². The van der Waals surface area contributed by atoms with Crippen molar-refractivity contribution in [1.82, 2.24) is 10.2 Å². The van der Waals surface area contributed by atoms with Crippen LogP contribution in [0.25, 0.3) is 10.6 Å². The molecule has 24 heavy (non-hydrogen) atoms. The molecule has 0 radical (unpaired) electrons. The second-order valence-corrected chi connectivity index (χ2v) is 7.25. The molecule has 0 fully saturated rings. The van der Waals surface area contributed by atoms with Gasteiger partial charge in [-0.1, -0.05) is 68.7 Å². The third kappa shape index (κ3) is 4.05. The van der Waals surface area contributed by atoms with E-state index in [1.807, 2.05) is 24.3 Å². The molecule has 2 aromatic carbocycles. The molecule has 0 aliphatic heterocycles. The van der Waals surface area contributed by atoms with Crippen molar-refractivity contribution in [2.75, 3.05) is 10.6 Å². The minimum absolute atomic E-state index is 0.363. The van der Waals surface area contributed by atoms with E-state index in [-0.39, 0.29) is 0 Å². The summed E-state index contributed by atoms with van der Waals surface area (Å²) in [7, 11) is 0. The molecule has 1 heterocycles. The molecule has 0 spiro atoms. The van der Waals surface area contributed by atoms with Crippen molar-refractivity contribution < 1.29 is 4.79 Å². The minimum Gasteiger partial charge on any atom is -0.308 e. The first-order valence-electron chi connectivity index (χ1n) is 6.64. The summed E-state index contributed by atoms with van der Waals surface area (Å²) in [6, 6.07) is 12.0. The number of nitrogens with zero attached hydrogens (tertiary/aromatic N) is 2. The van der Waals surface area contributed by atoms with Crippen molar-refractivity contribution in [3.05, 3.63) is 57.0 Å². The number of anilines is 2. The molecule has 2 amide bonds. The van der Waals surface area contributed by atoms with Crippen LogP contribution in [-0.4, -0.2) is 16.2 Å². The summed E-state index contributed by atoms with van der Waals surface area (Å²) in [4.78, 5) is 12.0. The molecular weight excluding hydrogens is 435 g/mol. The van der Waals surface area contributed by atoms with Crippen LogP contribution >= 0.6 is 50.5 Å². The van der Waals surface area contributed by atoms with E-state index in [0.717, 1.165) is 10.0 Å². The first-order valence-corrected chi connectivity index (χ1v) is 9.01. The van der Waals surface area contributed by atoms with Crippen LogP contribution in [0.4, 0.5) is 15.6 Å². The van der Waals surface area contributed by atoms with Crippen molar-refractivity contribution >= 4 is 67.3 Å². The van der Waals surface area contributed by atoms with Gasteiger partial charge >= 0.3 is 6.03 Å². The van der Waals surface area contributed by atoms with Gasteiger partial charge in [0.2, 0.25) is 5.13 Å². The van der Waals surface area contributed by atoms with Gasteiger partial charge in [0, 0.05) is 15.7 Å². The zero-order valence-electron chi connectivity index (χ0n) is 11.9. The van der Waals surface area contributed by atoms with Crippen LogP contribution in [0.1, 0.15) is 0 Å². The largest absolute Gasteiger partial charge is 0.325 e. The van der Waals surface area contributed by atoms with E-state index >= 15 is 0 Å². The Bertz CT molecular complexity index is 903. The van der Waals surface area contributed by atoms with Crippen LogP contribution in [-0.2, 0) is 0 Å². The fourth-order valence-electron chi connectivity index (χ4n) is 1.85. The van der Waals surface area contributed by atoms with Gasteiger partial charge < -0.3 is 5.32 Å². The monoisotopic (exact) mass is 442 g/mol. The number of benzene rings is 2. The Labute approximate surface area is 160 Å². The minimum atomic E-state index is -0.441. The predicted octanol–water partition coefficient (Wildman–Crippen LogP) is 5.92. The summed E-state index contributed by atoms with van der Waals surface area (Å²) in [5.41, 5.74) is 1.44. The lowest BCUT2D eigenvalue weighted by atomic mass is 10.2. The Kier molecular flexibility index (Phi) is 5.35. The highest BCUT2D eigenvalue weighted by molar-refractivity contribution is 9.10. The number of hydrogen-bond donors (Lipinski definition) is 2. The van der Waals surface area contributed by atoms with Crippen molar-refractivity contribution in [2.24, 2.45) is 0 Å². The van der Waals surface area contributed by atoms with Crippen molar-refractivity contribution in [3.8, 4) is 10.6 Å². The summed E-state index contributed by atoms with van der Waals surface area (Å²) in [5.74, 6) is 0. The van der Waals surface area contributed by atoms with Crippen LogP contribution in [0.3, 0.4) is 0 Å². The quantitative estimate of drug-likeness (QED) is 0.527. The fraction of sp³-hybridized carbons (Fsp3) is 0. The molecule has 0 saturated carbocycles. The van der Waals surface area contributed by atoms with Gasteiger partial charge in [0.05, 0.1) is 10.0 Å². The molecule has 0 unspecified atom stereocenters. The van der Waals surface area contributed by atoms with E-state index in [9.17, 15) is 4.79 Å². The lowest BCUT2D eigenvalue weighted by molar-refractivity contribution is 0.262. The summed E-state index contributed by atoms with van der Waals surface area (Å²) >= 11 is 16.5. The van der Waals surface area contributed by atoms with Gasteiger partial charge in [0.15, 0.2) is 5.01 Å². The Morgan fingerprint density at radius 3 is 2.58 bits per heavy atom. The molecule has 0 bridgehead atoms. The molecule has 0 aliphatic rings. The van der Waals surface area contributed by atoms with E-state index in [1.54, 1.807) is 18.2 Å². The maximum absolute atomic E-state index is 12.0. The topological polar surface area (TPSA) is 66.9 Å². The smallest absolute Gasteiger partial charge is 0.308 e. The number of amides is 2. The van der Waals surface area contributed by atoms with Crippen molar-refractivity contribution in [1.29, 1.82) is 0 Å². The highest BCUT2D eigenvalue weighted by Crippen LogP contribution is 2.32. The van der Waals surface area contributed by atoms with Gasteiger partial charge in [-0.2, -0.15) is 0 Å². The van der Waals surface area contributed by atoms with E-state index in [2.05, 4.69) is 36.8 Å². The van der Waals surface area contributed by atoms with E-state index in [4.69, 9.17) is 23.2 Å². The molecule has 0 atom stereocenters. The number of carbonyl (C=O) groups excluding carboxylic acids is 1. The van der Waals surface area contributed by atoms with Crippen LogP contribution in [0.15, 0.2) is 46.9 Å². The van der Waals surface area contributed by atoms with Crippen LogP contribution < -0.4 is 10.6 Å². The average molecular weight is 444 g/mol. The number of nitrogens with one attached hydrogen (secondary N) is 2. The van der Waals surface area contributed by atoms with E-state index in [0.29, 0.717) is 25.9 Å². The highest BCUT2D eigenvalue weighted by atomic mass is 79.9. The maximum Gasteiger partial charge on any atom is 0.325 e. The SMILES string of the molecule is O=C(Nc1ccc(Cl)c(Cl)c1)Nc1nnc(-c2ccccc2Br)s1. The average Bonchev–Trinajstić information content (AvgIpc) is 2.99. The van der Waals surface area contributed by atoms with Gasteiger partial charge in [-0.15, -0.1) is 10.2 Å². The van der Waals surface area contributed by atoms with Crippen molar-refractivity contribution in [2.45, 2.75) is 0 Å². The highest BCUT2D eigenvalue weighted by Gasteiger charge is 2.12. The maximum atomic E-state index is 12.0. The number of aromatic nitrogens is 2. The second-order valence-electron chi connectivity index (χ2n) is 4.60. The Morgan fingerprint density at radius 2 is 1.83 bits per heavy atom. The van der Waals surface area contributed by atoms with Crippen LogP contribution in [0.2, 0.25) is 10.0 Å². The summed E-state index contributed by atoms with van der Waals surface area (Å²) in [6.07, 6.45) is 0. The number of urea groups is 1. The van der Waals surface area contributed by atoms with Gasteiger partial charge in [-0.25, -0.2) is 4.79 Å². The molecule has 122 valence electrons. The molecule has 3 aromatic rings. The molecular formula is C15H9BrCl2N4OS. The van der Waals surface area contributed by atoms with E-state index < -0.39 is 6.03 Å². The lowest BCUT2D eigenvalue weighted by Crippen LogP contribution is -2.19. The normalized spacial score (nSPS) is 10.5. The van der Waals surface area contributed by atoms with Crippen molar-refractivity contribution in [3.63, 3.8) is 0 Å². The predicted molar refractivity (Wildman–Crippen MR) is 102 cm³/mol. The molecule has 9 heteroatoms. The molecule has 2 N–H and O–H groups in total. The van der Waals surface area contributed by atoms with Gasteiger partial charge in [0.1, 0.15) is 0 Å². The number of hydrogen-bond acceptors (Lipinski definition) is 4. The summed E-state index contributed by atoms with van der Waals surface area (Å²) in [5, 5.41) is 15.2. The zero-order valence-corrected chi connectivity index (χ0v) is 15.8. The third-order valence-electron chi connectivity index (χ3n) is 2.93. The van der Waals surface area contributed by atoms with Crippen LogP contribution in [0.5, 0.6) is 0 Å². The molecule has 0 saturated heterocycles. The van der Waals surface area contributed by atoms with Gasteiger partial charge in [-0.3, -0.25) is 5.32 Å². The Hall–Kier alpha value is -1.67. The second kappa shape index (κ2) is 7.48. The molecule has 1 aromatic heterocycles. The number of carbonyl (C=O) groups is 1. The lowest BCUT2D eigenvalue weighted by Gasteiger charge is -2.06. The third-order valence-corrected chi connectivity index (χ3v) is 5.23. The Balaban J connectivity index is 1.69. The summed E-state index contributed by atoms with van der Waals surface area (Å²) < 4.78 is 0.910. The molecule has 0 aliphatic carbocycles. The first-order chi connectivity index (χ1) is 11.5. The first kappa shape index (κ1) is 17.2. The Morgan fingerprint density at radius 1 is 1.04 bits per heavy atom. The molecule has 5 nitrogen and oxygen atoms in total. The fourth-order valence-corrected chi connectivity index (χ4v) is 3.53. The zero-order chi connectivity index (χ0) is 17.1.